The number of esters is 1. The highest BCUT2D eigenvalue weighted by molar-refractivity contribution is 5.70. The lowest BCUT2D eigenvalue weighted by Gasteiger charge is -2.45. The molecule has 0 radical (unpaired) electrons. The first-order valence-corrected chi connectivity index (χ1v) is 22.8. The fraction of sp³-hybridized carbons (Fsp3) is 0.667. The van der Waals surface area contributed by atoms with Gasteiger partial charge in [0.15, 0.2) is 12.1 Å². The van der Waals surface area contributed by atoms with Crippen molar-refractivity contribution in [2.45, 2.75) is 177 Å². The second kappa shape index (κ2) is 28.8. The van der Waals surface area contributed by atoms with Crippen LogP contribution in [0.2, 0.25) is 0 Å². The van der Waals surface area contributed by atoms with E-state index in [4.69, 9.17) is 29.5 Å². The quantitative estimate of drug-likeness (QED) is 0.107. The van der Waals surface area contributed by atoms with Crippen molar-refractivity contribution < 1.29 is 79.6 Å². The molecular weight excluding hydrogens is 861 g/mol. The van der Waals surface area contributed by atoms with E-state index < -0.39 is 135 Å². The van der Waals surface area contributed by atoms with Crippen molar-refractivity contribution in [2.75, 3.05) is 7.11 Å². The van der Waals surface area contributed by atoms with E-state index >= 15 is 0 Å². The third-order valence-electron chi connectivity index (χ3n) is 12.1. The van der Waals surface area contributed by atoms with E-state index in [-0.39, 0.29) is 38.0 Å². The van der Waals surface area contributed by atoms with E-state index in [0.29, 0.717) is 0 Å². The first kappa shape index (κ1) is 56.9. The third kappa shape index (κ3) is 19.3. The van der Waals surface area contributed by atoms with Gasteiger partial charge in [0, 0.05) is 37.5 Å². The van der Waals surface area contributed by atoms with Crippen molar-refractivity contribution >= 4 is 12.2 Å². The molecule has 2 fully saturated rings. The molecule has 18 heteroatoms. The number of rotatable bonds is 4. The summed E-state index contributed by atoms with van der Waals surface area (Å²) in [6.07, 6.45) is 7.81. The van der Waals surface area contributed by atoms with Crippen molar-refractivity contribution in [3.8, 4) is 0 Å². The number of hydrogen-bond donors (Lipinski definition) is 11. The van der Waals surface area contributed by atoms with Crippen LogP contribution >= 0.6 is 0 Å². The van der Waals surface area contributed by atoms with Crippen LogP contribution in [0.4, 0.5) is 0 Å². The summed E-state index contributed by atoms with van der Waals surface area (Å²) >= 11 is 0. The Morgan fingerprint density at radius 3 is 1.88 bits per heavy atom. The van der Waals surface area contributed by atoms with Crippen LogP contribution in [0, 0.1) is 17.8 Å². The third-order valence-corrected chi connectivity index (χ3v) is 12.1. The number of nitrogens with zero attached hydrogens (tertiary/aromatic N) is 1. The van der Waals surface area contributed by atoms with Gasteiger partial charge in [-0.2, -0.15) is 0 Å². The minimum absolute atomic E-state index is 0.0716. The number of allylic oxidation sites excluding steroid dienone is 12. The zero-order chi connectivity index (χ0) is 49.0. The molecule has 3 aliphatic rings. The second-order valence-corrected chi connectivity index (χ2v) is 17.7. The molecule has 374 valence electrons. The lowest BCUT2D eigenvalue weighted by molar-refractivity contribution is -0.304. The first-order valence-electron chi connectivity index (χ1n) is 22.8. The molecule has 0 aromatic carbocycles. The van der Waals surface area contributed by atoms with Gasteiger partial charge in [0.1, 0.15) is 19.3 Å². The molecule has 0 saturated carbocycles. The maximum Gasteiger partial charge on any atom is 0.308 e. The largest absolute Gasteiger partial charge is 0.462 e. The maximum absolute atomic E-state index is 12.6. The summed E-state index contributed by atoms with van der Waals surface area (Å²) in [6.45, 7) is 6.83. The Morgan fingerprint density at radius 2 is 1.27 bits per heavy atom. The molecule has 2 bridgehead atoms. The van der Waals surface area contributed by atoms with Gasteiger partial charge < -0.3 is 80.6 Å². The number of hydrogen-bond acceptors (Lipinski definition) is 18. The number of ether oxygens (including phenoxy) is 4. The van der Waals surface area contributed by atoms with Crippen molar-refractivity contribution in [2.24, 2.45) is 28.6 Å². The second-order valence-electron chi connectivity index (χ2n) is 17.7. The topological polar surface area (TPSA) is 304 Å². The molecule has 3 heterocycles. The van der Waals surface area contributed by atoms with Gasteiger partial charge in [-0.05, 0) is 33.1 Å². The zero-order valence-electron chi connectivity index (χ0n) is 38.7. The molecule has 3 rings (SSSR count). The van der Waals surface area contributed by atoms with Gasteiger partial charge in [0.2, 0.25) is 0 Å². The van der Waals surface area contributed by atoms with Crippen LogP contribution < -0.4 is 5.73 Å². The molecule has 0 amide bonds. The van der Waals surface area contributed by atoms with Crippen LogP contribution in [0.3, 0.4) is 0 Å². The number of carbonyl (C=O) groups excluding carboxylic acids is 1. The van der Waals surface area contributed by atoms with Gasteiger partial charge >= 0.3 is 5.97 Å². The molecule has 66 heavy (non-hydrogen) atoms. The summed E-state index contributed by atoms with van der Waals surface area (Å²) in [5, 5.41) is 113. The average molecular weight is 937 g/mol. The highest BCUT2D eigenvalue weighted by Gasteiger charge is 2.48. The van der Waals surface area contributed by atoms with Gasteiger partial charge in [-0.25, -0.2) is 0 Å². The summed E-state index contributed by atoms with van der Waals surface area (Å²) in [7, 11) is 1.31. The fourth-order valence-corrected chi connectivity index (χ4v) is 8.00. The molecule has 12 N–H and O–H groups in total. The van der Waals surface area contributed by atoms with Crippen LogP contribution in [-0.2, 0) is 28.6 Å². The number of nitrogens with two attached hydrogens (primary N) is 1. The number of aliphatic hydroxyl groups is 10. The Balaban J connectivity index is 1.87. The van der Waals surface area contributed by atoms with Gasteiger partial charge in [-0.15, -0.1) is 0 Å². The van der Waals surface area contributed by atoms with Crippen LogP contribution in [0.25, 0.3) is 0 Å². The molecule has 1 unspecified atom stereocenters. The SMILES string of the molecule is CO/N=C\[C@H]1C2C[C@@H](O[C@@H]3O[C@H](C)[C@@H](O)[C@H](N)[C@@H]3O)/C=C/C=C/C=C/C=C/C=C/C=C/C=C\[C@H](C)[C@@H](O)[C@@H](C)[C@H](C)OC(=O)C[C@H](O)C[C@H](O)CC[C@H](O)[C@H](O)C[C@H](O)C[C@](O)(C[C@@H]1O)O2. The van der Waals surface area contributed by atoms with Crippen LogP contribution in [-0.4, -0.2) is 168 Å². The molecule has 0 aliphatic carbocycles. The van der Waals surface area contributed by atoms with Gasteiger partial charge in [0.05, 0.1) is 91.7 Å². The van der Waals surface area contributed by atoms with E-state index in [0.717, 1.165) is 0 Å². The summed E-state index contributed by atoms with van der Waals surface area (Å²) in [5.74, 6) is -4.44. The molecule has 0 spiro atoms. The maximum atomic E-state index is 12.6. The Kier molecular flexibility index (Phi) is 24.8. The molecule has 18 nitrogen and oxygen atoms in total. The minimum atomic E-state index is -2.15. The van der Waals surface area contributed by atoms with E-state index in [9.17, 15) is 55.9 Å². The van der Waals surface area contributed by atoms with Crippen molar-refractivity contribution in [1.29, 1.82) is 0 Å². The molecular formula is C48H76N2O16. The van der Waals surface area contributed by atoms with E-state index in [2.05, 4.69) is 5.16 Å². The Morgan fingerprint density at radius 1 is 0.682 bits per heavy atom. The monoisotopic (exact) mass is 937 g/mol. The Labute approximate surface area is 388 Å². The standard InChI is InChI=1S/C48H76N2O16/c1-29-18-16-14-12-10-8-6-7-9-11-13-15-17-19-36(65-47-46(60)43(49)45(59)32(4)64-47)25-41-37(28-50-62-5)40(56)27-48(61,66-41)26-35(53)23-39(55)38(54)21-20-33(51)22-34(52)24-42(57)63-31(3)30(2)44(29)58/h6-19,28-41,43-47,51-56,58-61H,20-27,49H2,1-5H3/b7-6+,10-8+,11-9+,14-12+,15-13+,18-16-,19-17+,50-28-/t29-,30-,31-,32+,33+,34+,35-,36-,37+,38-,39+,40-,41?,43-,44+,45+,46-,47-,48+/m0/s1. The molecule has 0 aromatic heterocycles. The number of aliphatic hydroxyl groups excluding tert-OH is 9. The van der Waals surface area contributed by atoms with Crippen molar-refractivity contribution in [3.63, 3.8) is 0 Å². The lowest BCUT2D eigenvalue weighted by atomic mass is 9.83. The first-order chi connectivity index (χ1) is 31.2. The summed E-state index contributed by atoms with van der Waals surface area (Å²) in [6, 6.07) is -1.09. The Bertz CT molecular complexity index is 1670. The van der Waals surface area contributed by atoms with Gasteiger partial charge in [-0.1, -0.05) is 104 Å². The number of fused-ring (bicyclic) bond motifs is 2. The molecule has 19 atom stereocenters. The summed E-state index contributed by atoms with van der Waals surface area (Å²) in [4.78, 5) is 17.5. The number of carbonyl (C=O) groups is 1. The van der Waals surface area contributed by atoms with Gasteiger partial charge in [0.25, 0.3) is 0 Å². The smallest absolute Gasteiger partial charge is 0.308 e. The minimum Gasteiger partial charge on any atom is -0.462 e. The predicted molar refractivity (Wildman–Crippen MR) is 245 cm³/mol. The predicted octanol–water partition coefficient (Wildman–Crippen LogP) is 1.26. The molecule has 2 saturated heterocycles. The highest BCUT2D eigenvalue weighted by atomic mass is 16.7. The average Bonchev–Trinajstić information content (AvgIpc) is 3.24. The Hall–Kier alpha value is -3.44. The van der Waals surface area contributed by atoms with Crippen LogP contribution in [0.5, 0.6) is 0 Å². The van der Waals surface area contributed by atoms with Crippen molar-refractivity contribution in [3.05, 3.63) is 85.1 Å². The van der Waals surface area contributed by atoms with Crippen LogP contribution in [0.15, 0.2) is 90.2 Å². The number of oxime groups is 1. The fourth-order valence-electron chi connectivity index (χ4n) is 8.00. The number of cyclic esters (lactones) is 1. The zero-order valence-corrected chi connectivity index (χ0v) is 38.7. The van der Waals surface area contributed by atoms with E-state index in [1.807, 2.05) is 61.6 Å². The van der Waals surface area contributed by atoms with Crippen molar-refractivity contribution in [1.82, 2.24) is 0 Å². The summed E-state index contributed by atoms with van der Waals surface area (Å²) < 4.78 is 23.7. The highest BCUT2D eigenvalue weighted by Crippen LogP contribution is 2.37. The lowest BCUT2D eigenvalue weighted by Crippen LogP contribution is -2.61. The van der Waals surface area contributed by atoms with E-state index in [1.165, 1.54) is 13.3 Å². The van der Waals surface area contributed by atoms with Gasteiger partial charge in [-0.3, -0.25) is 4.79 Å². The molecule has 3 aliphatic heterocycles. The normalized spacial score (nSPS) is 45.1. The molecule has 0 aromatic rings. The van der Waals surface area contributed by atoms with E-state index in [1.54, 1.807) is 51.2 Å². The van der Waals surface area contributed by atoms with Crippen LogP contribution in [0.1, 0.15) is 79.1 Å². The summed E-state index contributed by atoms with van der Waals surface area (Å²) in [5.41, 5.74) is 6.08.